The van der Waals surface area contributed by atoms with Crippen molar-refractivity contribution in [2.45, 2.75) is 25.2 Å². The second-order valence-corrected chi connectivity index (χ2v) is 9.46. The molecule has 2 unspecified atom stereocenters. The summed E-state index contributed by atoms with van der Waals surface area (Å²) in [6, 6.07) is 11.5. The van der Waals surface area contributed by atoms with Gasteiger partial charge in [-0.15, -0.1) is 0 Å². The monoisotopic (exact) mass is 417 g/mol. The average molecular weight is 417 g/mol. The molecule has 0 aliphatic carbocycles. The van der Waals surface area contributed by atoms with Crippen LogP contribution in [0.15, 0.2) is 53.4 Å². The van der Waals surface area contributed by atoms with Gasteiger partial charge in [-0.2, -0.15) is 4.31 Å². The van der Waals surface area contributed by atoms with E-state index in [0.717, 1.165) is 6.42 Å². The van der Waals surface area contributed by atoms with E-state index in [9.17, 15) is 23.3 Å². The SMILES string of the molecule is CC1CC(C)CN(S(=O)(=O)c2ccc(NC(=O)c3ccccc3[N+](=O)[O-])cc2)C1. The minimum Gasteiger partial charge on any atom is -0.322 e. The molecule has 2 aromatic carbocycles. The molecule has 3 rings (SSSR count). The number of nitro groups is 1. The maximum atomic E-state index is 12.9. The summed E-state index contributed by atoms with van der Waals surface area (Å²) in [5, 5.41) is 13.7. The summed E-state index contributed by atoms with van der Waals surface area (Å²) in [4.78, 5) is 23.0. The number of nitrogens with zero attached hydrogens (tertiary/aromatic N) is 2. The zero-order valence-electron chi connectivity index (χ0n) is 16.2. The Morgan fingerprint density at radius 1 is 1.07 bits per heavy atom. The van der Waals surface area contributed by atoms with Gasteiger partial charge in [0.2, 0.25) is 10.0 Å². The molecule has 1 amide bonds. The van der Waals surface area contributed by atoms with Gasteiger partial charge >= 0.3 is 0 Å². The maximum Gasteiger partial charge on any atom is 0.282 e. The lowest BCUT2D eigenvalue weighted by Crippen LogP contribution is -2.42. The molecule has 9 heteroatoms. The number of para-hydroxylation sites is 1. The Kier molecular flexibility index (Phi) is 5.99. The van der Waals surface area contributed by atoms with Crippen LogP contribution in [-0.2, 0) is 10.0 Å². The first-order valence-electron chi connectivity index (χ1n) is 9.33. The largest absolute Gasteiger partial charge is 0.322 e. The van der Waals surface area contributed by atoms with E-state index in [0.29, 0.717) is 30.6 Å². The van der Waals surface area contributed by atoms with E-state index in [1.807, 2.05) is 13.8 Å². The van der Waals surface area contributed by atoms with Crippen molar-refractivity contribution in [3.63, 3.8) is 0 Å². The van der Waals surface area contributed by atoms with Crippen LogP contribution >= 0.6 is 0 Å². The number of sulfonamides is 1. The van der Waals surface area contributed by atoms with Crippen LogP contribution in [0.2, 0.25) is 0 Å². The van der Waals surface area contributed by atoms with E-state index in [2.05, 4.69) is 5.32 Å². The molecule has 0 radical (unpaired) electrons. The molecule has 0 spiro atoms. The van der Waals surface area contributed by atoms with Crippen molar-refractivity contribution in [1.29, 1.82) is 0 Å². The Morgan fingerprint density at radius 2 is 1.66 bits per heavy atom. The number of amides is 1. The number of nitro benzene ring substituents is 1. The second-order valence-electron chi connectivity index (χ2n) is 7.52. The van der Waals surface area contributed by atoms with E-state index in [4.69, 9.17) is 0 Å². The first-order chi connectivity index (χ1) is 13.7. The second kappa shape index (κ2) is 8.30. The standard InChI is InChI=1S/C20H23N3O5S/c1-14-11-15(2)13-22(12-14)29(27,28)17-9-7-16(8-10-17)21-20(24)18-5-3-4-6-19(18)23(25)26/h3-10,14-15H,11-13H2,1-2H3,(H,21,24). The molecule has 1 N–H and O–H groups in total. The molecule has 1 aliphatic heterocycles. The van der Waals surface area contributed by atoms with Crippen molar-refractivity contribution in [3.05, 3.63) is 64.2 Å². The highest BCUT2D eigenvalue weighted by molar-refractivity contribution is 7.89. The molecule has 0 bridgehead atoms. The molecular formula is C20H23N3O5S. The van der Waals surface area contributed by atoms with Crippen molar-refractivity contribution in [2.24, 2.45) is 11.8 Å². The molecule has 1 heterocycles. The topological polar surface area (TPSA) is 110 Å². The van der Waals surface area contributed by atoms with Gasteiger partial charge < -0.3 is 5.32 Å². The summed E-state index contributed by atoms with van der Waals surface area (Å²) in [6.45, 7) is 5.06. The molecule has 0 saturated carbocycles. The zero-order chi connectivity index (χ0) is 21.2. The first-order valence-corrected chi connectivity index (χ1v) is 10.8. The van der Waals surface area contributed by atoms with E-state index < -0.39 is 20.9 Å². The van der Waals surface area contributed by atoms with Gasteiger partial charge in [0.1, 0.15) is 5.56 Å². The molecule has 0 aromatic heterocycles. The van der Waals surface area contributed by atoms with Gasteiger partial charge in [-0.3, -0.25) is 14.9 Å². The molecule has 8 nitrogen and oxygen atoms in total. The Morgan fingerprint density at radius 3 is 2.24 bits per heavy atom. The van der Waals surface area contributed by atoms with Crippen LogP contribution in [0.3, 0.4) is 0 Å². The third-order valence-corrected chi connectivity index (χ3v) is 6.78. The van der Waals surface area contributed by atoms with E-state index in [1.165, 1.54) is 52.8 Å². The van der Waals surface area contributed by atoms with Gasteiger partial charge in [-0.1, -0.05) is 26.0 Å². The number of nitrogens with one attached hydrogen (secondary N) is 1. The van der Waals surface area contributed by atoms with Crippen molar-refractivity contribution in [1.82, 2.24) is 4.31 Å². The number of carbonyl (C=O) groups is 1. The van der Waals surface area contributed by atoms with Gasteiger partial charge in [-0.05, 0) is 48.6 Å². The Bertz CT molecular complexity index is 1010. The Hall–Kier alpha value is -2.78. The van der Waals surface area contributed by atoms with Crippen molar-refractivity contribution >= 4 is 27.3 Å². The number of hydrogen-bond acceptors (Lipinski definition) is 5. The molecule has 154 valence electrons. The molecule has 1 fully saturated rings. The fourth-order valence-corrected chi connectivity index (χ4v) is 5.36. The average Bonchev–Trinajstić information content (AvgIpc) is 2.67. The minimum absolute atomic E-state index is 0.0644. The number of hydrogen-bond donors (Lipinski definition) is 1. The maximum absolute atomic E-state index is 12.9. The summed E-state index contributed by atoms with van der Waals surface area (Å²) in [5.41, 5.74) is -0.00416. The highest BCUT2D eigenvalue weighted by atomic mass is 32.2. The summed E-state index contributed by atoms with van der Waals surface area (Å²) < 4.78 is 27.3. The molecule has 29 heavy (non-hydrogen) atoms. The molecule has 1 aliphatic rings. The van der Waals surface area contributed by atoms with Crippen LogP contribution in [0.1, 0.15) is 30.6 Å². The highest BCUT2D eigenvalue weighted by Gasteiger charge is 2.31. The number of piperidine rings is 1. The van der Waals surface area contributed by atoms with Crippen LogP contribution in [0.4, 0.5) is 11.4 Å². The van der Waals surface area contributed by atoms with Gasteiger partial charge in [0.05, 0.1) is 9.82 Å². The summed E-state index contributed by atoms with van der Waals surface area (Å²) >= 11 is 0. The highest BCUT2D eigenvalue weighted by Crippen LogP contribution is 2.27. The smallest absolute Gasteiger partial charge is 0.282 e. The number of rotatable bonds is 5. The van der Waals surface area contributed by atoms with Crippen molar-refractivity contribution in [2.75, 3.05) is 18.4 Å². The lowest BCUT2D eigenvalue weighted by atomic mass is 9.94. The van der Waals surface area contributed by atoms with E-state index >= 15 is 0 Å². The quantitative estimate of drug-likeness (QED) is 0.591. The Balaban J connectivity index is 1.77. The predicted octanol–water partition coefficient (Wildman–Crippen LogP) is 3.51. The van der Waals surface area contributed by atoms with Gasteiger partial charge in [-0.25, -0.2) is 8.42 Å². The fraction of sp³-hybridized carbons (Fsp3) is 0.350. The summed E-state index contributed by atoms with van der Waals surface area (Å²) in [5.74, 6) is -0.0333. The minimum atomic E-state index is -3.61. The number of benzene rings is 2. The van der Waals surface area contributed by atoms with E-state index in [1.54, 1.807) is 0 Å². The van der Waals surface area contributed by atoms with Crippen LogP contribution in [0, 0.1) is 22.0 Å². The van der Waals surface area contributed by atoms with Crippen molar-refractivity contribution < 1.29 is 18.1 Å². The van der Waals surface area contributed by atoms with Crippen LogP contribution in [0.25, 0.3) is 0 Å². The zero-order valence-corrected chi connectivity index (χ0v) is 17.1. The number of anilines is 1. The molecule has 1 saturated heterocycles. The third kappa shape index (κ3) is 4.63. The lowest BCUT2D eigenvalue weighted by Gasteiger charge is -2.34. The van der Waals surface area contributed by atoms with Crippen LogP contribution in [0.5, 0.6) is 0 Å². The predicted molar refractivity (Wildman–Crippen MR) is 109 cm³/mol. The van der Waals surface area contributed by atoms with Crippen LogP contribution < -0.4 is 5.32 Å². The van der Waals surface area contributed by atoms with Gasteiger partial charge in [0, 0.05) is 24.8 Å². The molecule has 2 aromatic rings. The van der Waals surface area contributed by atoms with Gasteiger partial charge in [0.15, 0.2) is 0 Å². The normalized spacial score (nSPS) is 20.2. The lowest BCUT2D eigenvalue weighted by molar-refractivity contribution is -0.385. The first kappa shape index (κ1) is 20.9. The number of carbonyl (C=O) groups excluding carboxylic acids is 1. The molecular weight excluding hydrogens is 394 g/mol. The van der Waals surface area contributed by atoms with Gasteiger partial charge in [0.25, 0.3) is 11.6 Å². The summed E-state index contributed by atoms with van der Waals surface area (Å²) in [7, 11) is -3.61. The van der Waals surface area contributed by atoms with E-state index in [-0.39, 0.29) is 16.1 Å². The van der Waals surface area contributed by atoms with Crippen molar-refractivity contribution in [3.8, 4) is 0 Å². The van der Waals surface area contributed by atoms with Crippen LogP contribution in [-0.4, -0.2) is 36.6 Å². The summed E-state index contributed by atoms with van der Waals surface area (Å²) in [6.07, 6.45) is 1.00. The fourth-order valence-electron chi connectivity index (χ4n) is 3.68. The Labute approximate surface area is 169 Å². The molecule has 2 atom stereocenters. The third-order valence-electron chi connectivity index (χ3n) is 4.93.